The van der Waals surface area contributed by atoms with E-state index in [9.17, 15) is 9.59 Å². The molecule has 0 aliphatic heterocycles. The van der Waals surface area contributed by atoms with Crippen LogP contribution in [0, 0.1) is 0 Å². The minimum Gasteiger partial charge on any atom is -0.480 e. The Balaban J connectivity index is 3.76. The fraction of sp³-hybridized carbons (Fsp3) is 0.667. The van der Waals surface area contributed by atoms with Crippen molar-refractivity contribution in [3.63, 3.8) is 0 Å². The lowest BCUT2D eigenvalue weighted by atomic mass is 10.4. The van der Waals surface area contributed by atoms with Crippen molar-refractivity contribution < 1.29 is 14.7 Å². The second-order valence-electron chi connectivity index (χ2n) is 2.36. The zero-order valence-electron chi connectivity index (χ0n) is 6.84. The van der Waals surface area contributed by atoms with Crippen LogP contribution in [0.1, 0.15) is 0 Å². The molecule has 0 aromatic carbocycles. The molecule has 0 spiro atoms. The average molecular weight is 224 g/mol. The maximum atomic E-state index is 11.0. The highest BCUT2D eigenvalue weighted by Gasteiger charge is 2.17. The number of nitrogens with two attached hydrogens (primary N) is 2. The minimum absolute atomic E-state index is 0.0373. The lowest BCUT2D eigenvalue weighted by Gasteiger charge is -2.08. The number of rotatable bonds is 5. The van der Waals surface area contributed by atoms with Crippen molar-refractivity contribution in [2.45, 2.75) is 12.1 Å². The average Bonchev–Trinajstić information content (AvgIpc) is 2.11. The van der Waals surface area contributed by atoms with Crippen molar-refractivity contribution in [3.8, 4) is 0 Å². The van der Waals surface area contributed by atoms with Crippen molar-refractivity contribution in [1.82, 2.24) is 0 Å². The summed E-state index contributed by atoms with van der Waals surface area (Å²) < 4.78 is 0. The fourth-order valence-electron chi connectivity index (χ4n) is 0.425. The van der Waals surface area contributed by atoms with Crippen molar-refractivity contribution in [1.29, 1.82) is 0 Å². The van der Waals surface area contributed by atoms with Crippen molar-refractivity contribution in [2.24, 2.45) is 11.5 Å². The molecule has 0 aromatic heterocycles. The van der Waals surface area contributed by atoms with Gasteiger partial charge < -0.3 is 16.6 Å². The summed E-state index contributed by atoms with van der Waals surface area (Å²) in [4.78, 5) is 21.3. The molecule has 2 atom stereocenters. The van der Waals surface area contributed by atoms with E-state index in [-0.39, 0.29) is 16.6 Å². The molecule has 0 aliphatic carbocycles. The van der Waals surface area contributed by atoms with E-state index >= 15 is 0 Å². The van der Waals surface area contributed by atoms with Crippen LogP contribution in [0.4, 0.5) is 0 Å². The number of thioether (sulfide) groups is 1. The molecule has 0 bridgehead atoms. The first-order valence-electron chi connectivity index (χ1n) is 3.50. The maximum absolute atomic E-state index is 11.0. The molecule has 0 amide bonds. The molecule has 0 saturated carbocycles. The van der Waals surface area contributed by atoms with Crippen LogP contribution >= 0.6 is 24.4 Å². The zero-order valence-corrected chi connectivity index (χ0v) is 8.55. The Morgan fingerprint density at radius 1 is 1.38 bits per heavy atom. The van der Waals surface area contributed by atoms with E-state index in [0.717, 1.165) is 11.8 Å². The lowest BCUT2D eigenvalue weighted by molar-refractivity contribution is -0.137. The molecule has 0 fully saturated rings. The molecule has 13 heavy (non-hydrogen) atoms. The molecule has 5 nitrogen and oxygen atoms in total. The Morgan fingerprint density at radius 2 is 1.92 bits per heavy atom. The Bertz CT molecular complexity index is 200. The molecular formula is C6H12N2O3S2. The second-order valence-corrected chi connectivity index (χ2v) is 3.75. The molecule has 0 unspecified atom stereocenters. The van der Waals surface area contributed by atoms with E-state index in [1.165, 1.54) is 0 Å². The van der Waals surface area contributed by atoms with Crippen LogP contribution in [0.5, 0.6) is 0 Å². The monoisotopic (exact) mass is 224 g/mol. The Morgan fingerprint density at radius 3 is 2.31 bits per heavy atom. The predicted octanol–water partition coefficient (Wildman–Crippen LogP) is -1.08. The molecular weight excluding hydrogens is 212 g/mol. The van der Waals surface area contributed by atoms with Crippen molar-refractivity contribution in [3.05, 3.63) is 0 Å². The zero-order chi connectivity index (χ0) is 10.4. The van der Waals surface area contributed by atoms with E-state index in [1.54, 1.807) is 0 Å². The van der Waals surface area contributed by atoms with Gasteiger partial charge in [0.25, 0.3) is 0 Å². The number of hydrogen-bond donors (Lipinski definition) is 4. The fourth-order valence-corrected chi connectivity index (χ4v) is 1.50. The molecule has 0 aromatic rings. The van der Waals surface area contributed by atoms with Crippen LogP contribution in [0.2, 0.25) is 0 Å². The Hall–Kier alpha value is -0.240. The van der Waals surface area contributed by atoms with Gasteiger partial charge in [-0.1, -0.05) is 11.8 Å². The smallest absolute Gasteiger partial charge is 0.321 e. The van der Waals surface area contributed by atoms with Gasteiger partial charge in [0.15, 0.2) is 0 Å². The van der Waals surface area contributed by atoms with Crippen LogP contribution in [-0.2, 0) is 9.59 Å². The molecule has 0 rings (SSSR count). The Kier molecular flexibility index (Phi) is 6.13. The third-order valence-corrected chi connectivity index (χ3v) is 2.73. The second kappa shape index (κ2) is 6.25. The number of thiol groups is 1. The van der Waals surface area contributed by atoms with Gasteiger partial charge in [-0.3, -0.25) is 9.59 Å². The van der Waals surface area contributed by atoms with Gasteiger partial charge >= 0.3 is 5.97 Å². The first-order valence-corrected chi connectivity index (χ1v) is 5.12. The molecule has 7 heteroatoms. The number of hydrogen-bond acceptors (Lipinski definition) is 6. The van der Waals surface area contributed by atoms with E-state index in [0.29, 0.717) is 0 Å². The summed E-state index contributed by atoms with van der Waals surface area (Å²) in [5, 5.41) is 8.11. The van der Waals surface area contributed by atoms with Crippen LogP contribution < -0.4 is 11.5 Å². The molecule has 0 aliphatic rings. The highest BCUT2D eigenvalue weighted by atomic mass is 32.2. The molecule has 0 heterocycles. The van der Waals surface area contributed by atoms with E-state index < -0.39 is 18.1 Å². The van der Waals surface area contributed by atoms with Crippen molar-refractivity contribution in [2.75, 3.05) is 11.5 Å². The van der Waals surface area contributed by atoms with Crippen LogP contribution in [0.15, 0.2) is 0 Å². The normalized spacial score (nSPS) is 15.0. The number of carbonyl (C=O) groups excluding carboxylic acids is 1. The third kappa shape index (κ3) is 5.14. The number of carbonyl (C=O) groups is 2. The summed E-state index contributed by atoms with van der Waals surface area (Å²) in [6.45, 7) is 0. The van der Waals surface area contributed by atoms with Gasteiger partial charge in [-0.25, -0.2) is 0 Å². The van der Waals surface area contributed by atoms with Gasteiger partial charge in [0, 0.05) is 11.5 Å². The largest absolute Gasteiger partial charge is 0.480 e. The van der Waals surface area contributed by atoms with E-state index in [4.69, 9.17) is 16.6 Å². The maximum Gasteiger partial charge on any atom is 0.321 e. The first kappa shape index (κ1) is 12.8. The summed E-state index contributed by atoms with van der Waals surface area (Å²) in [5.41, 5.74) is 10.5. The minimum atomic E-state index is -1.13. The van der Waals surface area contributed by atoms with Crippen LogP contribution in [-0.4, -0.2) is 39.8 Å². The summed E-state index contributed by atoms with van der Waals surface area (Å²) in [5.74, 6) is -0.844. The first-order chi connectivity index (χ1) is 5.99. The summed E-state index contributed by atoms with van der Waals surface area (Å²) in [6, 6.07) is -1.68. The summed E-state index contributed by atoms with van der Waals surface area (Å²) in [7, 11) is 0. The van der Waals surface area contributed by atoms with Gasteiger partial charge in [0.2, 0.25) is 5.12 Å². The summed E-state index contributed by atoms with van der Waals surface area (Å²) in [6.07, 6.45) is 0. The molecule has 76 valence electrons. The van der Waals surface area contributed by atoms with Gasteiger partial charge in [-0.15, -0.1) is 0 Å². The van der Waals surface area contributed by atoms with E-state index in [1.807, 2.05) is 0 Å². The standard InChI is InChI=1S/C6H12N2O3S2/c7-3(1-12)6(11)13-2-4(8)5(9)10/h3-4,12H,1-2,7-8H2,(H,9,10)/t3-,4-/m0/s1. The number of carboxylic acids is 1. The van der Waals surface area contributed by atoms with Gasteiger partial charge in [0.05, 0.1) is 6.04 Å². The van der Waals surface area contributed by atoms with E-state index in [2.05, 4.69) is 12.6 Å². The molecule has 0 saturated heterocycles. The highest BCUT2D eigenvalue weighted by Crippen LogP contribution is 2.06. The quantitative estimate of drug-likeness (QED) is 0.442. The van der Waals surface area contributed by atoms with Crippen molar-refractivity contribution >= 4 is 35.5 Å². The summed E-state index contributed by atoms with van der Waals surface area (Å²) >= 11 is 4.66. The van der Waals surface area contributed by atoms with Crippen LogP contribution in [0.25, 0.3) is 0 Å². The topological polar surface area (TPSA) is 106 Å². The highest BCUT2D eigenvalue weighted by molar-refractivity contribution is 8.13. The van der Waals surface area contributed by atoms with Gasteiger partial charge in [-0.2, -0.15) is 12.6 Å². The Labute approximate surface area is 85.6 Å². The SMILES string of the molecule is N[C@@H](CSC(=O)[C@@H](N)CS)C(=O)O. The predicted molar refractivity (Wildman–Crippen MR) is 54.9 cm³/mol. The number of aliphatic carboxylic acids is 1. The molecule has 5 N–H and O–H groups in total. The van der Waals surface area contributed by atoms with Gasteiger partial charge in [-0.05, 0) is 0 Å². The van der Waals surface area contributed by atoms with Crippen LogP contribution in [0.3, 0.4) is 0 Å². The number of carboxylic acid groups (broad SMARTS) is 1. The third-order valence-electron chi connectivity index (χ3n) is 1.22. The molecule has 0 radical (unpaired) electrons. The van der Waals surface area contributed by atoms with Gasteiger partial charge in [0.1, 0.15) is 6.04 Å². The lowest BCUT2D eigenvalue weighted by Crippen LogP contribution is -2.35.